The van der Waals surface area contributed by atoms with Gasteiger partial charge in [0.15, 0.2) is 0 Å². The predicted molar refractivity (Wildman–Crippen MR) is 80.0 cm³/mol. The first kappa shape index (κ1) is 15.2. The van der Waals surface area contributed by atoms with Gasteiger partial charge in [-0.1, -0.05) is 12.1 Å². The van der Waals surface area contributed by atoms with Gasteiger partial charge < -0.3 is 9.15 Å². The highest BCUT2D eigenvalue weighted by molar-refractivity contribution is 7.86. The van der Waals surface area contributed by atoms with Gasteiger partial charge in [-0.3, -0.25) is 0 Å². The number of hydrogen-bond donors (Lipinski definition) is 0. The molecule has 0 amide bonds. The van der Waals surface area contributed by atoms with Crippen LogP contribution in [0.4, 0.5) is 3.89 Å². The van der Waals surface area contributed by atoms with E-state index in [1.165, 1.54) is 19.2 Å². The summed E-state index contributed by atoms with van der Waals surface area (Å²) in [6.45, 7) is 0. The van der Waals surface area contributed by atoms with Gasteiger partial charge in [0.05, 0.1) is 17.6 Å². The molecular weight excluding hydrogens is 323 g/mol. The molecule has 0 aliphatic heterocycles. The van der Waals surface area contributed by atoms with E-state index in [-0.39, 0.29) is 11.8 Å². The molecule has 118 valence electrons. The summed E-state index contributed by atoms with van der Waals surface area (Å²) in [5, 5.41) is 7.87. The maximum Gasteiger partial charge on any atom is 0.332 e. The van der Waals surface area contributed by atoms with Crippen LogP contribution in [0.25, 0.3) is 22.9 Å². The molecule has 0 fully saturated rings. The van der Waals surface area contributed by atoms with Gasteiger partial charge in [-0.05, 0) is 36.4 Å². The van der Waals surface area contributed by atoms with Crippen molar-refractivity contribution in [3.05, 3.63) is 48.5 Å². The third kappa shape index (κ3) is 3.07. The van der Waals surface area contributed by atoms with Gasteiger partial charge in [-0.15, -0.1) is 14.1 Å². The largest absolute Gasteiger partial charge is 0.496 e. The molecule has 0 spiro atoms. The Morgan fingerprint density at radius 1 is 1.00 bits per heavy atom. The first-order chi connectivity index (χ1) is 11.0. The summed E-state index contributed by atoms with van der Waals surface area (Å²) < 4.78 is 45.3. The third-order valence-corrected chi connectivity index (χ3v) is 3.98. The average Bonchev–Trinajstić information content (AvgIpc) is 3.04. The number of hydrogen-bond acceptors (Lipinski definition) is 6. The highest BCUT2D eigenvalue weighted by Crippen LogP contribution is 2.30. The molecule has 0 saturated heterocycles. The van der Waals surface area contributed by atoms with Crippen molar-refractivity contribution in [3.63, 3.8) is 0 Å². The number of halogens is 1. The Morgan fingerprint density at radius 2 is 1.65 bits per heavy atom. The number of rotatable bonds is 4. The first-order valence-electron chi connectivity index (χ1n) is 6.51. The van der Waals surface area contributed by atoms with Crippen molar-refractivity contribution in [3.8, 4) is 28.7 Å². The van der Waals surface area contributed by atoms with Crippen molar-refractivity contribution in [2.24, 2.45) is 0 Å². The van der Waals surface area contributed by atoms with Crippen molar-refractivity contribution in [2.75, 3.05) is 7.11 Å². The van der Waals surface area contributed by atoms with E-state index in [1.54, 1.807) is 12.1 Å². The van der Waals surface area contributed by atoms with E-state index in [0.29, 0.717) is 16.9 Å². The molecule has 0 aliphatic carbocycles. The van der Waals surface area contributed by atoms with E-state index in [1.807, 2.05) is 12.1 Å². The summed E-state index contributed by atoms with van der Waals surface area (Å²) >= 11 is 0. The standard InChI is InChI=1S/C15H11FN2O4S/c1-21-13-5-3-2-4-12(13)15-18-17-14(22-15)10-6-8-11(9-7-10)23(16,19)20/h2-9H,1H3. The van der Waals surface area contributed by atoms with Gasteiger partial charge in [0.2, 0.25) is 5.89 Å². The number of para-hydroxylation sites is 1. The lowest BCUT2D eigenvalue weighted by Gasteiger charge is -2.03. The Balaban J connectivity index is 1.96. The number of ether oxygens (including phenoxy) is 1. The van der Waals surface area contributed by atoms with Crippen molar-refractivity contribution < 1.29 is 21.5 Å². The smallest absolute Gasteiger partial charge is 0.332 e. The molecular formula is C15H11FN2O4S. The van der Waals surface area contributed by atoms with Crippen LogP contribution in [0.5, 0.6) is 5.75 Å². The molecule has 3 rings (SSSR count). The molecule has 0 saturated carbocycles. The molecule has 0 aliphatic rings. The Hall–Kier alpha value is -2.74. The fourth-order valence-electron chi connectivity index (χ4n) is 2.03. The van der Waals surface area contributed by atoms with E-state index < -0.39 is 15.1 Å². The summed E-state index contributed by atoms with van der Waals surface area (Å²) in [7, 11) is -3.20. The minimum absolute atomic E-state index is 0.189. The molecule has 0 atom stereocenters. The SMILES string of the molecule is COc1ccccc1-c1nnc(-c2ccc(S(=O)(=O)F)cc2)o1. The van der Waals surface area contributed by atoms with Gasteiger partial charge in [-0.2, -0.15) is 8.42 Å². The van der Waals surface area contributed by atoms with Gasteiger partial charge in [-0.25, -0.2) is 0 Å². The summed E-state index contributed by atoms with van der Waals surface area (Å²) in [5.41, 5.74) is 1.11. The molecule has 0 unspecified atom stereocenters. The van der Waals surface area contributed by atoms with Gasteiger partial charge in [0, 0.05) is 5.56 Å². The van der Waals surface area contributed by atoms with Crippen molar-refractivity contribution in [1.82, 2.24) is 10.2 Å². The number of benzene rings is 2. The summed E-state index contributed by atoms with van der Waals surface area (Å²) in [6, 6.07) is 12.2. The fourth-order valence-corrected chi connectivity index (χ4v) is 2.49. The molecule has 6 nitrogen and oxygen atoms in total. The van der Waals surface area contributed by atoms with Crippen molar-refractivity contribution in [2.45, 2.75) is 4.90 Å². The first-order valence-corrected chi connectivity index (χ1v) is 7.89. The van der Waals surface area contributed by atoms with Crippen LogP contribution in [0.1, 0.15) is 0 Å². The van der Waals surface area contributed by atoms with Crippen LogP contribution in [0.2, 0.25) is 0 Å². The summed E-state index contributed by atoms with van der Waals surface area (Å²) in [5.74, 6) is 1.04. The Bertz CT molecular complexity index is 936. The van der Waals surface area contributed by atoms with Crippen LogP contribution >= 0.6 is 0 Å². The van der Waals surface area contributed by atoms with Crippen LogP contribution < -0.4 is 4.74 Å². The summed E-state index contributed by atoms with van der Waals surface area (Å²) in [4.78, 5) is -0.425. The van der Waals surface area contributed by atoms with Crippen LogP contribution in [0.15, 0.2) is 57.8 Å². The maximum atomic E-state index is 12.9. The lowest BCUT2D eigenvalue weighted by atomic mass is 10.2. The minimum atomic E-state index is -4.73. The second kappa shape index (κ2) is 5.81. The zero-order chi connectivity index (χ0) is 16.4. The highest BCUT2D eigenvalue weighted by atomic mass is 32.3. The van der Waals surface area contributed by atoms with Gasteiger partial charge in [0.25, 0.3) is 5.89 Å². The van der Waals surface area contributed by atoms with Crippen LogP contribution in [-0.2, 0) is 10.2 Å². The third-order valence-electron chi connectivity index (χ3n) is 3.15. The molecule has 2 aromatic carbocycles. The monoisotopic (exact) mass is 334 g/mol. The quantitative estimate of drug-likeness (QED) is 0.682. The Morgan fingerprint density at radius 3 is 2.30 bits per heavy atom. The van der Waals surface area contributed by atoms with Crippen LogP contribution in [0.3, 0.4) is 0 Å². The van der Waals surface area contributed by atoms with Crippen LogP contribution in [-0.4, -0.2) is 25.7 Å². The van der Waals surface area contributed by atoms with E-state index in [2.05, 4.69) is 10.2 Å². The lowest BCUT2D eigenvalue weighted by molar-refractivity contribution is 0.414. The summed E-state index contributed by atoms with van der Waals surface area (Å²) in [6.07, 6.45) is 0. The minimum Gasteiger partial charge on any atom is -0.496 e. The molecule has 23 heavy (non-hydrogen) atoms. The molecule has 1 aromatic heterocycles. The molecule has 8 heteroatoms. The van der Waals surface area contributed by atoms with Crippen LogP contribution in [0, 0.1) is 0 Å². The van der Waals surface area contributed by atoms with E-state index in [4.69, 9.17) is 9.15 Å². The average molecular weight is 334 g/mol. The second-order valence-electron chi connectivity index (χ2n) is 4.57. The van der Waals surface area contributed by atoms with Gasteiger partial charge >= 0.3 is 10.2 Å². The molecule has 0 N–H and O–H groups in total. The topological polar surface area (TPSA) is 82.3 Å². The van der Waals surface area contributed by atoms with E-state index in [0.717, 1.165) is 12.1 Å². The van der Waals surface area contributed by atoms with Gasteiger partial charge in [0.1, 0.15) is 5.75 Å². The maximum absolute atomic E-state index is 12.9. The lowest BCUT2D eigenvalue weighted by Crippen LogP contribution is -1.91. The molecule has 1 heterocycles. The zero-order valence-electron chi connectivity index (χ0n) is 11.9. The predicted octanol–water partition coefficient (Wildman–Crippen LogP) is 3.07. The highest BCUT2D eigenvalue weighted by Gasteiger charge is 2.16. The Kier molecular flexibility index (Phi) is 3.83. The second-order valence-corrected chi connectivity index (χ2v) is 5.92. The molecule has 0 radical (unpaired) electrons. The fraction of sp³-hybridized carbons (Fsp3) is 0.0667. The zero-order valence-corrected chi connectivity index (χ0v) is 12.7. The van der Waals surface area contributed by atoms with Crippen molar-refractivity contribution >= 4 is 10.2 Å². The van der Waals surface area contributed by atoms with E-state index in [9.17, 15) is 12.3 Å². The van der Waals surface area contributed by atoms with Crippen molar-refractivity contribution in [1.29, 1.82) is 0 Å². The molecule has 0 bridgehead atoms. The number of nitrogens with zero attached hydrogens (tertiary/aromatic N) is 2. The number of aromatic nitrogens is 2. The number of methoxy groups -OCH3 is 1. The normalized spacial score (nSPS) is 11.4. The molecule has 3 aromatic rings. The van der Waals surface area contributed by atoms with E-state index >= 15 is 0 Å². The Labute approximate surface area is 131 Å².